The lowest BCUT2D eigenvalue weighted by Crippen LogP contribution is -2.14. The average Bonchev–Trinajstić information content (AvgIpc) is 3.20. The Hall–Kier alpha value is -3.42. The molecule has 6 nitrogen and oxygen atoms in total. The van der Waals surface area contributed by atoms with Crippen molar-refractivity contribution in [1.82, 2.24) is 9.78 Å². The highest BCUT2D eigenvalue weighted by molar-refractivity contribution is 7.90. The predicted octanol–water partition coefficient (Wildman–Crippen LogP) is 5.06. The van der Waals surface area contributed by atoms with Gasteiger partial charge in [0.25, 0.3) is 5.91 Å². The number of rotatable bonds is 5. The SMILES string of the molecule is Cn1ccc(-c2cc(NC(=O)c3ccc(S(C)(=O)=O)cc3-c3ccccc3)ccc2Cl)n1. The average molecular weight is 466 g/mol. The number of hydrogen-bond acceptors (Lipinski definition) is 4. The lowest BCUT2D eigenvalue weighted by atomic mass is 9.99. The number of aromatic nitrogens is 2. The fourth-order valence-electron chi connectivity index (χ4n) is 3.37. The molecule has 162 valence electrons. The van der Waals surface area contributed by atoms with Gasteiger partial charge in [-0.05, 0) is 53.6 Å². The van der Waals surface area contributed by atoms with Crippen LogP contribution in [-0.4, -0.2) is 30.4 Å². The second kappa shape index (κ2) is 8.61. The van der Waals surface area contributed by atoms with Crippen molar-refractivity contribution in [2.24, 2.45) is 7.05 Å². The van der Waals surface area contributed by atoms with E-state index in [1.807, 2.05) is 49.6 Å². The molecule has 0 saturated heterocycles. The van der Waals surface area contributed by atoms with Gasteiger partial charge in [0.1, 0.15) is 0 Å². The minimum atomic E-state index is -3.43. The summed E-state index contributed by atoms with van der Waals surface area (Å²) in [6.07, 6.45) is 2.95. The van der Waals surface area contributed by atoms with Crippen LogP contribution in [0.5, 0.6) is 0 Å². The van der Waals surface area contributed by atoms with Crippen molar-refractivity contribution in [2.45, 2.75) is 4.90 Å². The van der Waals surface area contributed by atoms with Crippen molar-refractivity contribution in [3.63, 3.8) is 0 Å². The number of aryl methyl sites for hydroxylation is 1. The van der Waals surface area contributed by atoms with Crippen LogP contribution in [0.25, 0.3) is 22.4 Å². The third-order valence-corrected chi connectivity index (χ3v) is 6.40. The van der Waals surface area contributed by atoms with E-state index in [4.69, 9.17) is 11.6 Å². The van der Waals surface area contributed by atoms with Gasteiger partial charge in [-0.3, -0.25) is 9.48 Å². The third-order valence-electron chi connectivity index (χ3n) is 4.96. The molecule has 0 aliphatic carbocycles. The molecule has 8 heteroatoms. The zero-order valence-electron chi connectivity index (χ0n) is 17.4. The quantitative estimate of drug-likeness (QED) is 0.446. The molecule has 4 aromatic rings. The van der Waals surface area contributed by atoms with Gasteiger partial charge in [0.15, 0.2) is 9.84 Å². The second-order valence-electron chi connectivity index (χ2n) is 7.37. The van der Waals surface area contributed by atoms with Gasteiger partial charge in [-0.1, -0.05) is 41.9 Å². The Bertz CT molecular complexity index is 1410. The van der Waals surface area contributed by atoms with Gasteiger partial charge in [-0.2, -0.15) is 5.10 Å². The zero-order chi connectivity index (χ0) is 22.9. The molecule has 0 fully saturated rings. The topological polar surface area (TPSA) is 81.1 Å². The first-order chi connectivity index (χ1) is 15.2. The van der Waals surface area contributed by atoms with Crippen LogP contribution in [0.15, 0.2) is 83.9 Å². The molecule has 4 rings (SSSR count). The van der Waals surface area contributed by atoms with E-state index in [-0.39, 0.29) is 10.8 Å². The number of carbonyl (C=O) groups is 1. The van der Waals surface area contributed by atoms with E-state index in [2.05, 4.69) is 10.4 Å². The molecule has 0 spiro atoms. The molecule has 0 aliphatic heterocycles. The van der Waals surface area contributed by atoms with Gasteiger partial charge < -0.3 is 5.32 Å². The Morgan fingerprint density at radius 3 is 2.38 bits per heavy atom. The Morgan fingerprint density at radius 1 is 0.969 bits per heavy atom. The molecule has 1 N–H and O–H groups in total. The Balaban J connectivity index is 1.73. The molecule has 0 unspecified atom stereocenters. The number of amides is 1. The van der Waals surface area contributed by atoms with E-state index < -0.39 is 9.84 Å². The van der Waals surface area contributed by atoms with Gasteiger partial charge in [-0.15, -0.1) is 0 Å². The van der Waals surface area contributed by atoms with Gasteiger partial charge in [0, 0.05) is 36.3 Å². The van der Waals surface area contributed by atoms with E-state index in [1.54, 1.807) is 22.9 Å². The lowest BCUT2D eigenvalue weighted by molar-refractivity contribution is 0.102. The maximum Gasteiger partial charge on any atom is 0.256 e. The highest BCUT2D eigenvalue weighted by atomic mass is 35.5. The van der Waals surface area contributed by atoms with Crippen molar-refractivity contribution in [2.75, 3.05) is 11.6 Å². The van der Waals surface area contributed by atoms with Gasteiger partial charge in [0.05, 0.1) is 15.6 Å². The first kappa shape index (κ1) is 21.8. The molecule has 0 bridgehead atoms. The molecule has 1 aromatic heterocycles. The summed E-state index contributed by atoms with van der Waals surface area (Å²) in [5.41, 5.74) is 3.57. The summed E-state index contributed by atoms with van der Waals surface area (Å²) in [6.45, 7) is 0. The number of carbonyl (C=O) groups excluding carboxylic acids is 1. The maximum absolute atomic E-state index is 13.2. The first-order valence-corrected chi connectivity index (χ1v) is 12.0. The smallest absolute Gasteiger partial charge is 0.256 e. The Kier molecular flexibility index (Phi) is 5.86. The minimum absolute atomic E-state index is 0.150. The summed E-state index contributed by atoms with van der Waals surface area (Å²) >= 11 is 6.34. The van der Waals surface area contributed by atoms with Crippen LogP contribution in [0.4, 0.5) is 5.69 Å². The minimum Gasteiger partial charge on any atom is -0.322 e. The van der Waals surface area contributed by atoms with Crippen LogP contribution in [-0.2, 0) is 16.9 Å². The molecule has 0 aliphatic rings. The van der Waals surface area contributed by atoms with Crippen molar-refractivity contribution in [1.29, 1.82) is 0 Å². The molecular formula is C24H20ClN3O3S. The molecule has 0 atom stereocenters. The maximum atomic E-state index is 13.2. The van der Waals surface area contributed by atoms with Crippen LogP contribution < -0.4 is 5.32 Å². The first-order valence-electron chi connectivity index (χ1n) is 9.73. The van der Waals surface area contributed by atoms with Crippen LogP contribution in [0.2, 0.25) is 5.02 Å². The number of anilines is 1. The largest absolute Gasteiger partial charge is 0.322 e. The fraction of sp³-hybridized carbons (Fsp3) is 0.0833. The van der Waals surface area contributed by atoms with Crippen molar-refractivity contribution < 1.29 is 13.2 Å². The molecule has 1 heterocycles. The zero-order valence-corrected chi connectivity index (χ0v) is 19.0. The van der Waals surface area contributed by atoms with Crippen molar-refractivity contribution in [3.05, 3.63) is 89.6 Å². The van der Waals surface area contributed by atoms with Crippen LogP contribution >= 0.6 is 11.6 Å². The molecule has 0 radical (unpaired) electrons. The van der Waals surface area contributed by atoms with Gasteiger partial charge in [0.2, 0.25) is 0 Å². The summed E-state index contributed by atoms with van der Waals surface area (Å²) in [5, 5.41) is 7.78. The van der Waals surface area contributed by atoms with E-state index in [0.29, 0.717) is 33.1 Å². The standard InChI is InChI=1S/C24H20ClN3O3S/c1-28-13-12-23(27-28)21-14-17(8-11-22(21)25)26-24(29)19-10-9-18(32(2,30)31)15-20(19)16-6-4-3-5-7-16/h3-15H,1-2H3,(H,26,29). The number of hydrogen-bond donors (Lipinski definition) is 1. The van der Waals surface area contributed by atoms with Gasteiger partial charge in [-0.25, -0.2) is 8.42 Å². The van der Waals surface area contributed by atoms with E-state index in [9.17, 15) is 13.2 Å². The summed E-state index contributed by atoms with van der Waals surface area (Å²) < 4.78 is 25.8. The molecular weight excluding hydrogens is 446 g/mol. The van der Waals surface area contributed by atoms with Crippen LogP contribution in [0.1, 0.15) is 10.4 Å². The Morgan fingerprint density at radius 2 is 1.72 bits per heavy atom. The normalized spacial score (nSPS) is 11.3. The number of sulfone groups is 1. The summed E-state index contributed by atoms with van der Waals surface area (Å²) in [7, 11) is -1.62. The van der Waals surface area contributed by atoms with E-state index in [0.717, 1.165) is 11.8 Å². The predicted molar refractivity (Wildman–Crippen MR) is 127 cm³/mol. The van der Waals surface area contributed by atoms with Crippen molar-refractivity contribution >= 4 is 33.0 Å². The second-order valence-corrected chi connectivity index (χ2v) is 9.79. The van der Waals surface area contributed by atoms with Gasteiger partial charge >= 0.3 is 0 Å². The number of nitrogens with one attached hydrogen (secondary N) is 1. The molecule has 0 saturated carbocycles. The van der Waals surface area contributed by atoms with Crippen LogP contribution in [0, 0.1) is 0 Å². The summed E-state index contributed by atoms with van der Waals surface area (Å²) in [6, 6.07) is 20.7. The Labute approximate surface area is 191 Å². The highest BCUT2D eigenvalue weighted by Crippen LogP contribution is 2.31. The summed E-state index contributed by atoms with van der Waals surface area (Å²) in [5.74, 6) is -0.363. The third kappa shape index (κ3) is 4.59. The van der Waals surface area contributed by atoms with Crippen LogP contribution in [0.3, 0.4) is 0 Å². The van der Waals surface area contributed by atoms with Crippen molar-refractivity contribution in [3.8, 4) is 22.4 Å². The molecule has 32 heavy (non-hydrogen) atoms. The highest BCUT2D eigenvalue weighted by Gasteiger charge is 2.18. The lowest BCUT2D eigenvalue weighted by Gasteiger charge is -2.13. The molecule has 3 aromatic carbocycles. The van der Waals surface area contributed by atoms with E-state index >= 15 is 0 Å². The molecule has 1 amide bonds. The van der Waals surface area contributed by atoms with E-state index in [1.165, 1.54) is 18.2 Å². The number of benzene rings is 3. The number of nitrogens with zero attached hydrogens (tertiary/aromatic N) is 2. The fourth-order valence-corrected chi connectivity index (χ4v) is 4.23. The summed E-state index contributed by atoms with van der Waals surface area (Å²) in [4.78, 5) is 13.3. The monoisotopic (exact) mass is 465 g/mol. The number of halogens is 1.